The summed E-state index contributed by atoms with van der Waals surface area (Å²) in [5, 5.41) is 7.95. The molecule has 0 saturated heterocycles. The first-order valence-electron chi connectivity index (χ1n) is 3.11. The molecular formula is C7H3BrClF3O. The summed E-state index contributed by atoms with van der Waals surface area (Å²) < 4.78 is 37.9. The second-order valence-corrected chi connectivity index (χ2v) is 3.38. The summed E-state index contributed by atoms with van der Waals surface area (Å²) in [5.74, 6) is -3.86. The molecule has 0 amide bonds. The average Bonchev–Trinajstić information content (AvgIpc) is 2.13. The van der Waals surface area contributed by atoms with E-state index in [-0.39, 0.29) is 0 Å². The standard InChI is InChI=1S/C7H3BrClF3O/c8-3-6(11)4(9)2(1-13)5(10)7(3)12/h13H,1H2. The van der Waals surface area contributed by atoms with Crippen molar-refractivity contribution in [1.82, 2.24) is 0 Å². The molecule has 13 heavy (non-hydrogen) atoms. The quantitative estimate of drug-likeness (QED) is 0.617. The molecule has 1 aromatic carbocycles. The van der Waals surface area contributed by atoms with Gasteiger partial charge >= 0.3 is 0 Å². The third-order valence-electron chi connectivity index (χ3n) is 1.46. The predicted molar refractivity (Wildman–Crippen MR) is 44.9 cm³/mol. The van der Waals surface area contributed by atoms with Gasteiger partial charge in [-0.1, -0.05) is 11.6 Å². The summed E-state index contributed by atoms with van der Waals surface area (Å²) in [5.41, 5.74) is -0.583. The van der Waals surface area contributed by atoms with Crippen LogP contribution >= 0.6 is 27.5 Å². The molecule has 0 radical (unpaired) electrons. The third-order valence-corrected chi connectivity index (χ3v) is 2.55. The van der Waals surface area contributed by atoms with E-state index in [1.54, 1.807) is 0 Å². The number of halogens is 5. The van der Waals surface area contributed by atoms with Gasteiger partial charge < -0.3 is 5.11 Å². The molecule has 0 aliphatic heterocycles. The molecule has 0 aromatic heterocycles. The summed E-state index contributed by atoms with van der Waals surface area (Å²) in [7, 11) is 0. The van der Waals surface area contributed by atoms with Crippen molar-refractivity contribution in [1.29, 1.82) is 0 Å². The van der Waals surface area contributed by atoms with Crippen LogP contribution in [0.4, 0.5) is 13.2 Å². The summed E-state index contributed by atoms with van der Waals surface area (Å²) in [4.78, 5) is 0. The van der Waals surface area contributed by atoms with Gasteiger partial charge in [-0.05, 0) is 15.9 Å². The van der Waals surface area contributed by atoms with E-state index in [1.165, 1.54) is 0 Å². The third kappa shape index (κ3) is 1.68. The van der Waals surface area contributed by atoms with Gasteiger partial charge in [0.25, 0.3) is 0 Å². The molecule has 0 unspecified atom stereocenters. The minimum absolute atomic E-state index is 0.583. The summed E-state index contributed by atoms with van der Waals surface area (Å²) in [6.07, 6.45) is 0. The smallest absolute Gasteiger partial charge is 0.176 e. The van der Waals surface area contributed by atoms with Gasteiger partial charge in [-0.3, -0.25) is 0 Å². The highest BCUT2D eigenvalue weighted by Crippen LogP contribution is 2.32. The van der Waals surface area contributed by atoms with Crippen LogP contribution in [0.15, 0.2) is 4.47 Å². The minimum atomic E-state index is -1.40. The molecule has 0 aliphatic rings. The highest BCUT2D eigenvalue weighted by atomic mass is 79.9. The highest BCUT2D eigenvalue weighted by Gasteiger charge is 2.21. The van der Waals surface area contributed by atoms with Gasteiger partial charge in [0.2, 0.25) is 0 Å². The molecule has 1 nitrogen and oxygen atoms in total. The van der Waals surface area contributed by atoms with Crippen LogP contribution in [0.5, 0.6) is 0 Å². The lowest BCUT2D eigenvalue weighted by molar-refractivity contribution is 0.272. The van der Waals surface area contributed by atoms with Gasteiger partial charge in [-0.25, -0.2) is 13.2 Å². The average molecular weight is 275 g/mol. The number of hydrogen-bond donors (Lipinski definition) is 1. The molecule has 0 aliphatic carbocycles. The monoisotopic (exact) mass is 274 g/mol. The number of aliphatic hydroxyl groups excluding tert-OH is 1. The Morgan fingerprint density at radius 2 is 1.69 bits per heavy atom. The summed E-state index contributed by atoms with van der Waals surface area (Å²) in [6, 6.07) is 0. The van der Waals surface area contributed by atoms with Crippen LogP contribution in [0, 0.1) is 17.5 Å². The molecule has 0 saturated carbocycles. The first-order chi connectivity index (χ1) is 6.00. The van der Waals surface area contributed by atoms with Crippen LogP contribution in [0.3, 0.4) is 0 Å². The molecule has 6 heteroatoms. The van der Waals surface area contributed by atoms with E-state index >= 15 is 0 Å². The lowest BCUT2D eigenvalue weighted by Crippen LogP contribution is -2.00. The number of benzene rings is 1. The van der Waals surface area contributed by atoms with Crippen LogP contribution < -0.4 is 0 Å². The maximum absolute atomic E-state index is 12.9. The topological polar surface area (TPSA) is 20.2 Å². The Hall–Kier alpha value is -0.260. The Morgan fingerprint density at radius 3 is 2.15 bits per heavy atom. The van der Waals surface area contributed by atoms with Crippen LogP contribution in [-0.4, -0.2) is 5.11 Å². The zero-order valence-corrected chi connectivity index (χ0v) is 8.39. The van der Waals surface area contributed by atoms with Gasteiger partial charge in [0.05, 0.1) is 16.1 Å². The fourth-order valence-electron chi connectivity index (χ4n) is 0.789. The highest BCUT2D eigenvalue weighted by molar-refractivity contribution is 9.10. The molecule has 0 fully saturated rings. The zero-order chi connectivity index (χ0) is 10.2. The first-order valence-corrected chi connectivity index (χ1v) is 4.29. The van der Waals surface area contributed by atoms with Gasteiger partial charge in [-0.15, -0.1) is 0 Å². The van der Waals surface area contributed by atoms with Crippen LogP contribution in [-0.2, 0) is 6.61 Å². The maximum Gasteiger partial charge on any atom is 0.176 e. The Kier molecular flexibility index (Phi) is 3.21. The molecule has 0 bridgehead atoms. The van der Waals surface area contributed by atoms with Crippen LogP contribution in [0.2, 0.25) is 5.02 Å². The van der Waals surface area contributed by atoms with Crippen molar-refractivity contribution in [2.24, 2.45) is 0 Å². The lowest BCUT2D eigenvalue weighted by Gasteiger charge is -2.06. The van der Waals surface area contributed by atoms with E-state index in [0.717, 1.165) is 0 Å². The second kappa shape index (κ2) is 3.86. The predicted octanol–water partition coefficient (Wildman–Crippen LogP) is 3.01. The molecule has 0 atom stereocenters. The Balaban J connectivity index is 3.56. The number of hydrogen-bond acceptors (Lipinski definition) is 1. The van der Waals surface area contributed by atoms with E-state index in [9.17, 15) is 13.2 Å². The minimum Gasteiger partial charge on any atom is -0.392 e. The van der Waals surface area contributed by atoms with E-state index in [4.69, 9.17) is 16.7 Å². The van der Waals surface area contributed by atoms with Crippen LogP contribution in [0.1, 0.15) is 5.56 Å². The second-order valence-electron chi connectivity index (χ2n) is 2.21. The summed E-state index contributed by atoms with van der Waals surface area (Å²) in [6.45, 7) is -0.855. The molecule has 1 aromatic rings. The molecule has 1 rings (SSSR count). The van der Waals surface area contributed by atoms with Gasteiger partial charge in [0, 0.05) is 5.56 Å². The van der Waals surface area contributed by atoms with Crippen molar-refractivity contribution in [3.05, 3.63) is 32.5 Å². The molecule has 72 valence electrons. The number of aliphatic hydroxyl groups is 1. The van der Waals surface area contributed by atoms with Crippen molar-refractivity contribution in [3.63, 3.8) is 0 Å². The van der Waals surface area contributed by atoms with Crippen molar-refractivity contribution in [2.75, 3.05) is 0 Å². The van der Waals surface area contributed by atoms with Crippen LogP contribution in [0.25, 0.3) is 0 Å². The van der Waals surface area contributed by atoms with Crippen molar-refractivity contribution in [2.45, 2.75) is 6.61 Å². The normalized spacial score (nSPS) is 10.6. The largest absolute Gasteiger partial charge is 0.392 e. The fraction of sp³-hybridized carbons (Fsp3) is 0.143. The van der Waals surface area contributed by atoms with Crippen molar-refractivity contribution < 1.29 is 18.3 Å². The maximum atomic E-state index is 12.9. The Bertz CT molecular complexity index is 327. The first kappa shape index (κ1) is 10.8. The summed E-state index contributed by atoms with van der Waals surface area (Å²) >= 11 is 7.79. The molecular weight excluding hydrogens is 272 g/mol. The van der Waals surface area contributed by atoms with Gasteiger partial charge in [0.1, 0.15) is 0 Å². The van der Waals surface area contributed by atoms with Gasteiger partial charge in [0.15, 0.2) is 17.5 Å². The lowest BCUT2D eigenvalue weighted by atomic mass is 10.2. The van der Waals surface area contributed by atoms with Crippen molar-refractivity contribution in [3.8, 4) is 0 Å². The van der Waals surface area contributed by atoms with Crippen molar-refractivity contribution >= 4 is 27.5 Å². The Labute approximate surface area is 85.3 Å². The number of rotatable bonds is 1. The fourth-order valence-corrected chi connectivity index (χ4v) is 1.51. The molecule has 0 heterocycles. The van der Waals surface area contributed by atoms with E-state index in [0.29, 0.717) is 0 Å². The van der Waals surface area contributed by atoms with E-state index in [1.807, 2.05) is 0 Å². The zero-order valence-electron chi connectivity index (χ0n) is 6.04. The van der Waals surface area contributed by atoms with Gasteiger partial charge in [-0.2, -0.15) is 0 Å². The SMILES string of the molecule is OCc1c(F)c(F)c(Br)c(F)c1Cl. The Morgan fingerprint density at radius 1 is 1.15 bits per heavy atom. The van der Waals surface area contributed by atoms with E-state index in [2.05, 4.69) is 15.9 Å². The molecule has 1 N–H and O–H groups in total. The molecule has 0 spiro atoms. The van der Waals surface area contributed by atoms with E-state index < -0.39 is 39.1 Å².